The fourth-order valence-corrected chi connectivity index (χ4v) is 2.77. The average molecular weight is 269 g/mol. The highest BCUT2D eigenvalue weighted by Gasteiger charge is 2.37. The van der Waals surface area contributed by atoms with Crippen LogP contribution in [0, 0.1) is 5.92 Å². The Balaban J connectivity index is 1.81. The van der Waals surface area contributed by atoms with Gasteiger partial charge in [0.25, 0.3) is 0 Å². The number of imide groups is 1. The number of hydrogen-bond acceptors (Lipinski definition) is 5. The third-order valence-electron chi connectivity index (χ3n) is 3.64. The molecular formula is C12H19N3O4. The number of nitrogens with zero attached hydrogens (tertiary/aromatic N) is 1. The Kier molecular flexibility index (Phi) is 4.49. The van der Waals surface area contributed by atoms with Crippen molar-refractivity contribution in [2.45, 2.75) is 25.3 Å². The maximum absolute atomic E-state index is 11.6. The molecule has 0 aromatic rings. The summed E-state index contributed by atoms with van der Waals surface area (Å²) >= 11 is 0. The van der Waals surface area contributed by atoms with Gasteiger partial charge in [0.2, 0.25) is 11.8 Å². The van der Waals surface area contributed by atoms with Gasteiger partial charge in [-0.05, 0) is 31.8 Å². The molecule has 2 heterocycles. The zero-order chi connectivity index (χ0) is 13.8. The van der Waals surface area contributed by atoms with E-state index in [-0.39, 0.29) is 30.8 Å². The Bertz CT molecular complexity index is 385. The molecule has 0 aliphatic carbocycles. The molecule has 2 unspecified atom stereocenters. The van der Waals surface area contributed by atoms with E-state index in [2.05, 4.69) is 10.6 Å². The van der Waals surface area contributed by atoms with Crippen molar-refractivity contribution >= 4 is 17.8 Å². The summed E-state index contributed by atoms with van der Waals surface area (Å²) in [6.07, 6.45) is 2.23. The lowest BCUT2D eigenvalue weighted by atomic mass is 9.96. The van der Waals surface area contributed by atoms with E-state index in [0.717, 1.165) is 25.9 Å². The summed E-state index contributed by atoms with van der Waals surface area (Å²) in [4.78, 5) is 35.3. The first-order valence-corrected chi connectivity index (χ1v) is 6.56. The minimum absolute atomic E-state index is 0.0428. The minimum Gasteiger partial charge on any atom is -0.480 e. The predicted molar refractivity (Wildman–Crippen MR) is 66.4 cm³/mol. The highest BCUT2D eigenvalue weighted by molar-refractivity contribution is 6.05. The van der Waals surface area contributed by atoms with Gasteiger partial charge in [-0.3, -0.25) is 24.6 Å². The van der Waals surface area contributed by atoms with Gasteiger partial charge < -0.3 is 10.4 Å². The van der Waals surface area contributed by atoms with E-state index >= 15 is 0 Å². The Morgan fingerprint density at radius 1 is 1.47 bits per heavy atom. The zero-order valence-corrected chi connectivity index (χ0v) is 10.7. The van der Waals surface area contributed by atoms with Crippen molar-refractivity contribution in [3.8, 4) is 0 Å². The summed E-state index contributed by atoms with van der Waals surface area (Å²) in [5, 5.41) is 13.8. The lowest BCUT2D eigenvalue weighted by Gasteiger charge is -2.35. The van der Waals surface area contributed by atoms with Gasteiger partial charge in [-0.25, -0.2) is 0 Å². The summed E-state index contributed by atoms with van der Waals surface area (Å²) < 4.78 is 0. The second-order valence-corrected chi connectivity index (χ2v) is 5.16. The number of aliphatic carboxylic acids is 1. The predicted octanol–water partition coefficient (Wildman–Crippen LogP) is -1.21. The second-order valence-electron chi connectivity index (χ2n) is 5.16. The molecule has 7 heteroatoms. The highest BCUT2D eigenvalue weighted by Crippen LogP contribution is 2.21. The fourth-order valence-electron chi connectivity index (χ4n) is 2.77. The summed E-state index contributed by atoms with van der Waals surface area (Å²) in [5.74, 6) is -0.949. The van der Waals surface area contributed by atoms with Gasteiger partial charge in [-0.1, -0.05) is 0 Å². The first-order chi connectivity index (χ1) is 9.06. The van der Waals surface area contributed by atoms with Crippen molar-refractivity contribution in [2.24, 2.45) is 5.92 Å². The van der Waals surface area contributed by atoms with Gasteiger partial charge in [0, 0.05) is 6.54 Å². The summed E-state index contributed by atoms with van der Waals surface area (Å²) in [6.45, 7) is 2.14. The topological polar surface area (TPSA) is 98.7 Å². The molecular weight excluding hydrogens is 250 g/mol. The number of carbonyl (C=O) groups excluding carboxylic acids is 2. The van der Waals surface area contributed by atoms with Crippen LogP contribution < -0.4 is 10.6 Å². The Morgan fingerprint density at radius 3 is 2.89 bits per heavy atom. The van der Waals surface area contributed by atoms with Crippen molar-refractivity contribution in [2.75, 3.05) is 26.2 Å². The van der Waals surface area contributed by atoms with Crippen LogP contribution in [0.3, 0.4) is 0 Å². The third-order valence-corrected chi connectivity index (χ3v) is 3.64. The number of nitrogens with one attached hydrogen (secondary N) is 2. The number of rotatable bonds is 5. The number of carbonyl (C=O) groups is 3. The van der Waals surface area contributed by atoms with Crippen LogP contribution in [-0.4, -0.2) is 60.0 Å². The summed E-state index contributed by atoms with van der Waals surface area (Å²) in [7, 11) is 0. The van der Waals surface area contributed by atoms with Crippen molar-refractivity contribution < 1.29 is 19.5 Å². The van der Waals surface area contributed by atoms with Crippen LogP contribution in [0.4, 0.5) is 0 Å². The number of carboxylic acid groups (broad SMARTS) is 1. The van der Waals surface area contributed by atoms with Crippen LogP contribution in [0.1, 0.15) is 19.3 Å². The molecule has 2 atom stereocenters. The Morgan fingerprint density at radius 2 is 2.26 bits per heavy atom. The van der Waals surface area contributed by atoms with E-state index < -0.39 is 5.97 Å². The van der Waals surface area contributed by atoms with E-state index in [1.165, 1.54) is 0 Å². The van der Waals surface area contributed by atoms with E-state index in [4.69, 9.17) is 5.11 Å². The Labute approximate surface area is 111 Å². The molecule has 0 spiro atoms. The normalized spacial score (nSPS) is 28.4. The molecule has 0 saturated carbocycles. The van der Waals surface area contributed by atoms with Crippen LogP contribution in [0.25, 0.3) is 0 Å². The molecule has 2 aliphatic heterocycles. The van der Waals surface area contributed by atoms with Crippen LogP contribution in [-0.2, 0) is 14.4 Å². The van der Waals surface area contributed by atoms with E-state index in [1.54, 1.807) is 0 Å². The summed E-state index contributed by atoms with van der Waals surface area (Å²) in [5.41, 5.74) is 0. The van der Waals surface area contributed by atoms with Crippen molar-refractivity contribution in [1.82, 2.24) is 15.5 Å². The number of carboxylic acids is 1. The van der Waals surface area contributed by atoms with E-state index in [1.807, 2.05) is 4.90 Å². The van der Waals surface area contributed by atoms with Gasteiger partial charge in [0.1, 0.15) is 0 Å². The highest BCUT2D eigenvalue weighted by atomic mass is 16.4. The minimum atomic E-state index is -0.867. The van der Waals surface area contributed by atoms with Crippen LogP contribution in [0.5, 0.6) is 0 Å². The molecule has 0 aromatic heterocycles. The molecule has 2 saturated heterocycles. The molecule has 2 fully saturated rings. The van der Waals surface area contributed by atoms with Gasteiger partial charge in [-0.15, -0.1) is 0 Å². The maximum atomic E-state index is 11.6. The van der Waals surface area contributed by atoms with Crippen LogP contribution in [0.2, 0.25) is 0 Å². The van der Waals surface area contributed by atoms with Gasteiger partial charge >= 0.3 is 5.97 Å². The standard InChI is InChI=1S/C12H19N3O4/c16-10-4-9(12(19)14-10)15-3-1-2-8(7-15)5-13-6-11(17)18/h8-9,13H,1-7H2,(H,17,18)(H,14,16,19). The molecule has 3 N–H and O–H groups in total. The number of hydrogen-bond donors (Lipinski definition) is 3. The lowest BCUT2D eigenvalue weighted by Crippen LogP contribution is -2.48. The third kappa shape index (κ3) is 3.74. The summed E-state index contributed by atoms with van der Waals surface area (Å²) in [6, 6.07) is -0.338. The smallest absolute Gasteiger partial charge is 0.317 e. The van der Waals surface area contributed by atoms with E-state index in [9.17, 15) is 14.4 Å². The van der Waals surface area contributed by atoms with Crippen LogP contribution >= 0.6 is 0 Å². The molecule has 0 radical (unpaired) electrons. The van der Waals surface area contributed by atoms with Gasteiger partial charge in [-0.2, -0.15) is 0 Å². The Hall–Kier alpha value is -1.47. The second kappa shape index (κ2) is 6.12. The molecule has 7 nitrogen and oxygen atoms in total. The monoisotopic (exact) mass is 269 g/mol. The number of piperidine rings is 1. The zero-order valence-electron chi connectivity index (χ0n) is 10.7. The molecule has 2 amide bonds. The molecule has 0 aromatic carbocycles. The van der Waals surface area contributed by atoms with Gasteiger partial charge in [0.15, 0.2) is 0 Å². The van der Waals surface area contributed by atoms with Crippen LogP contribution in [0.15, 0.2) is 0 Å². The van der Waals surface area contributed by atoms with E-state index in [0.29, 0.717) is 12.5 Å². The first kappa shape index (κ1) is 14.0. The fraction of sp³-hybridized carbons (Fsp3) is 0.750. The van der Waals surface area contributed by atoms with Gasteiger partial charge in [0.05, 0.1) is 19.0 Å². The van der Waals surface area contributed by atoms with Crippen molar-refractivity contribution in [3.63, 3.8) is 0 Å². The first-order valence-electron chi connectivity index (χ1n) is 6.56. The number of amides is 2. The number of likely N-dealkylation sites (tertiary alicyclic amines) is 1. The maximum Gasteiger partial charge on any atom is 0.317 e. The van der Waals surface area contributed by atoms with Crippen molar-refractivity contribution in [1.29, 1.82) is 0 Å². The lowest BCUT2D eigenvalue weighted by molar-refractivity contribution is -0.136. The molecule has 2 rings (SSSR count). The largest absolute Gasteiger partial charge is 0.480 e. The average Bonchev–Trinajstić information content (AvgIpc) is 2.68. The molecule has 106 valence electrons. The van der Waals surface area contributed by atoms with Crippen molar-refractivity contribution in [3.05, 3.63) is 0 Å². The molecule has 2 aliphatic rings. The quantitative estimate of drug-likeness (QED) is 0.542. The molecule has 0 bridgehead atoms. The SMILES string of the molecule is O=C(O)CNCC1CCCN(C2CC(=O)NC2=O)C1. The molecule has 19 heavy (non-hydrogen) atoms.